The molecule has 62 heavy (non-hydrogen) atoms. The Morgan fingerprint density at radius 3 is 0.935 bits per heavy atom. The van der Waals surface area contributed by atoms with Crippen LogP contribution in [-0.2, 0) is 90.7 Å². The summed E-state index contributed by atoms with van der Waals surface area (Å²) in [4.78, 5) is 0. The van der Waals surface area contributed by atoms with Crippen LogP contribution in [-0.4, -0.2) is 63.1 Å². The summed E-state index contributed by atoms with van der Waals surface area (Å²) in [5, 5.41) is 24.8. The molecular weight excluding hydrogens is 773 g/mol. The summed E-state index contributed by atoms with van der Waals surface area (Å²) in [5.74, 6) is 0.630. The van der Waals surface area contributed by atoms with Gasteiger partial charge in [-0.3, -0.25) is 0 Å². The van der Waals surface area contributed by atoms with E-state index in [1.807, 2.05) is 0 Å². The number of ether oxygens (including phenoxy) is 5. The summed E-state index contributed by atoms with van der Waals surface area (Å²) < 4.78 is 30.9. The van der Waals surface area contributed by atoms with Gasteiger partial charge in [-0.05, 0) is 113 Å². The molecule has 0 saturated carbocycles. The van der Waals surface area contributed by atoms with E-state index >= 15 is 0 Å². The molecular formula is C55H76O7. The Labute approximate surface area is 373 Å². The third kappa shape index (κ3) is 12.1. The van der Waals surface area contributed by atoms with Gasteiger partial charge in [0, 0.05) is 24.8 Å². The van der Waals surface area contributed by atoms with Crippen molar-refractivity contribution in [2.45, 2.75) is 150 Å². The van der Waals surface area contributed by atoms with Crippen molar-refractivity contribution in [1.29, 1.82) is 0 Å². The number of hydrogen-bond acceptors (Lipinski definition) is 7. The highest BCUT2D eigenvalue weighted by Crippen LogP contribution is 2.40. The molecule has 0 atom stereocenters. The fourth-order valence-corrected chi connectivity index (χ4v) is 8.60. The molecule has 6 rings (SSSR count). The van der Waals surface area contributed by atoms with Crippen molar-refractivity contribution in [1.82, 2.24) is 0 Å². The van der Waals surface area contributed by atoms with Crippen LogP contribution in [0.15, 0.2) is 48.5 Å². The van der Waals surface area contributed by atoms with Gasteiger partial charge in [0.15, 0.2) is 0 Å². The SMILES string of the molecule is CC(C)(C)c1cc2c(O)c(c1)Cc1cc(C(C)(C)C)cc3c1CCOCCOCCOCCOCCc1c(cc(C(C)(C)C)cc1Cc1cc(C(C)(C)C)cc(c1O)C3)COC2. The summed E-state index contributed by atoms with van der Waals surface area (Å²) in [6.45, 7) is 31.5. The van der Waals surface area contributed by atoms with E-state index in [2.05, 4.69) is 132 Å². The van der Waals surface area contributed by atoms with E-state index in [1.165, 1.54) is 33.4 Å². The average Bonchev–Trinajstić information content (AvgIpc) is 3.16. The van der Waals surface area contributed by atoms with Crippen molar-refractivity contribution in [3.8, 4) is 11.5 Å². The van der Waals surface area contributed by atoms with Gasteiger partial charge in [-0.15, -0.1) is 0 Å². The first kappa shape index (κ1) is 47.8. The molecule has 10 bridgehead atoms. The second-order valence-corrected chi connectivity index (χ2v) is 21.8. The summed E-state index contributed by atoms with van der Waals surface area (Å²) >= 11 is 0. The molecule has 0 amide bonds. The smallest absolute Gasteiger partial charge is 0.124 e. The molecule has 0 radical (unpaired) electrons. The quantitative estimate of drug-likeness (QED) is 0.182. The Balaban J connectivity index is 1.66. The van der Waals surface area contributed by atoms with Gasteiger partial charge >= 0.3 is 0 Å². The zero-order valence-corrected chi connectivity index (χ0v) is 40.2. The van der Waals surface area contributed by atoms with Crippen LogP contribution in [0.3, 0.4) is 0 Å². The Hall–Kier alpha value is -3.72. The summed E-state index contributed by atoms with van der Waals surface area (Å²) in [5.41, 5.74) is 14.6. The lowest BCUT2D eigenvalue weighted by molar-refractivity contribution is -0.00123. The molecule has 2 heterocycles. The Morgan fingerprint density at radius 2 is 0.581 bits per heavy atom. The minimum Gasteiger partial charge on any atom is -0.507 e. The first-order valence-corrected chi connectivity index (χ1v) is 23.0. The number of rotatable bonds is 0. The number of aromatic hydroxyl groups is 2. The monoisotopic (exact) mass is 849 g/mol. The summed E-state index contributed by atoms with van der Waals surface area (Å²) in [6.07, 6.45) is 3.00. The highest BCUT2D eigenvalue weighted by molar-refractivity contribution is 5.55. The number of fused-ring (bicyclic) bond motifs is 2. The van der Waals surface area contributed by atoms with Gasteiger partial charge in [-0.1, -0.05) is 126 Å². The molecule has 2 N–H and O–H groups in total. The third-order valence-corrected chi connectivity index (χ3v) is 12.6. The van der Waals surface area contributed by atoms with Crippen molar-refractivity contribution < 1.29 is 33.9 Å². The molecule has 0 aliphatic carbocycles. The predicted octanol–water partition coefficient (Wildman–Crippen LogP) is 11.3. The average molecular weight is 849 g/mol. The fourth-order valence-electron chi connectivity index (χ4n) is 8.60. The van der Waals surface area contributed by atoms with Crippen LogP contribution in [0.25, 0.3) is 0 Å². The van der Waals surface area contributed by atoms with E-state index in [4.69, 9.17) is 23.7 Å². The first-order valence-electron chi connectivity index (χ1n) is 23.0. The molecule has 2 aliphatic heterocycles. The maximum absolute atomic E-state index is 12.6. The minimum absolute atomic E-state index is 0.136. The molecule has 0 aromatic heterocycles. The summed E-state index contributed by atoms with van der Waals surface area (Å²) in [6, 6.07) is 18.1. The highest BCUT2D eigenvalue weighted by atomic mass is 16.6. The zero-order valence-electron chi connectivity index (χ0n) is 40.2. The van der Waals surface area contributed by atoms with Crippen molar-refractivity contribution in [2.24, 2.45) is 0 Å². The predicted molar refractivity (Wildman–Crippen MR) is 251 cm³/mol. The van der Waals surface area contributed by atoms with E-state index in [0.717, 1.165) is 44.5 Å². The fraction of sp³-hybridized carbons (Fsp3) is 0.564. The van der Waals surface area contributed by atoms with Crippen LogP contribution in [0.2, 0.25) is 0 Å². The highest BCUT2D eigenvalue weighted by Gasteiger charge is 2.27. The van der Waals surface area contributed by atoms with Crippen LogP contribution in [0, 0.1) is 0 Å². The molecule has 4 aromatic rings. The van der Waals surface area contributed by atoms with Crippen LogP contribution < -0.4 is 0 Å². The molecule has 7 heteroatoms. The maximum atomic E-state index is 12.6. The van der Waals surface area contributed by atoms with Gasteiger partial charge in [0.25, 0.3) is 0 Å². The lowest BCUT2D eigenvalue weighted by atomic mass is 9.78. The zero-order chi connectivity index (χ0) is 45.0. The minimum atomic E-state index is -0.159. The topological polar surface area (TPSA) is 86.6 Å². The largest absolute Gasteiger partial charge is 0.507 e. The standard InChI is InChI=1S/C55H76O7/c1-52(2,3)44-26-36-23-39-29-46(54(7,8)9)30-40(50(39)56)25-38-28-45(53(4,5)6)32-42-34-62-35-43-33-47(55(10,11)12)31-41(51(43)57)24-37(27-44)48(36)13-15-58-17-19-60-21-22-61-20-18-59-16-14-49(38)42/h26-33,56-57H,13-25,34-35H2,1-12H3. The number of benzene rings is 4. The van der Waals surface area contributed by atoms with E-state index < -0.39 is 0 Å². The number of phenols is 2. The van der Waals surface area contributed by atoms with Crippen LogP contribution in [0.4, 0.5) is 0 Å². The lowest BCUT2D eigenvalue weighted by Crippen LogP contribution is -2.17. The third-order valence-electron chi connectivity index (χ3n) is 12.6. The van der Waals surface area contributed by atoms with E-state index in [1.54, 1.807) is 0 Å². The van der Waals surface area contributed by atoms with Crippen molar-refractivity contribution >= 4 is 0 Å². The van der Waals surface area contributed by atoms with Gasteiger partial charge in [0.1, 0.15) is 11.5 Å². The normalized spacial score (nSPS) is 17.2. The van der Waals surface area contributed by atoms with Crippen LogP contribution in [0.1, 0.15) is 161 Å². The molecule has 338 valence electrons. The van der Waals surface area contributed by atoms with Gasteiger partial charge < -0.3 is 33.9 Å². The molecule has 0 saturated heterocycles. The first-order chi connectivity index (χ1) is 29.1. The molecule has 4 aromatic carbocycles. The molecule has 7 nitrogen and oxygen atoms in total. The van der Waals surface area contributed by atoms with Gasteiger partial charge in [0.05, 0.1) is 66.1 Å². The molecule has 2 aliphatic rings. The van der Waals surface area contributed by atoms with Crippen LogP contribution in [0.5, 0.6) is 11.5 Å². The van der Waals surface area contributed by atoms with Crippen molar-refractivity contribution in [3.63, 3.8) is 0 Å². The van der Waals surface area contributed by atoms with Crippen molar-refractivity contribution in [2.75, 3.05) is 52.9 Å². The Bertz CT molecular complexity index is 2170. The second-order valence-electron chi connectivity index (χ2n) is 21.8. The van der Waals surface area contributed by atoms with Gasteiger partial charge in [-0.2, -0.15) is 0 Å². The number of phenolic OH excluding ortho intramolecular Hbond substituents is 2. The summed E-state index contributed by atoms with van der Waals surface area (Å²) in [7, 11) is 0. The number of hydrogen-bond donors (Lipinski definition) is 2. The lowest BCUT2D eigenvalue weighted by Gasteiger charge is -2.28. The molecule has 0 fully saturated rings. The van der Waals surface area contributed by atoms with Gasteiger partial charge in [0.2, 0.25) is 0 Å². The second kappa shape index (κ2) is 19.6. The Morgan fingerprint density at radius 1 is 0.323 bits per heavy atom. The van der Waals surface area contributed by atoms with Gasteiger partial charge in [-0.25, -0.2) is 0 Å². The molecule has 0 spiro atoms. The van der Waals surface area contributed by atoms with E-state index in [9.17, 15) is 10.2 Å². The van der Waals surface area contributed by atoms with E-state index in [-0.39, 0.29) is 34.0 Å². The van der Waals surface area contributed by atoms with Crippen LogP contribution >= 0.6 is 0 Å². The van der Waals surface area contributed by atoms with E-state index in [0.29, 0.717) is 97.3 Å². The Kier molecular flexibility index (Phi) is 15.1. The van der Waals surface area contributed by atoms with Crippen molar-refractivity contribution in [3.05, 3.63) is 126 Å². The molecule has 0 unspecified atom stereocenters. The maximum Gasteiger partial charge on any atom is 0.124 e.